The second-order valence-electron chi connectivity index (χ2n) is 2.68. The van der Waals surface area contributed by atoms with E-state index in [1.54, 1.807) is 0 Å². The van der Waals surface area contributed by atoms with Crippen LogP contribution in [-0.4, -0.2) is 25.9 Å². The van der Waals surface area contributed by atoms with E-state index in [1.165, 1.54) is 0 Å². The summed E-state index contributed by atoms with van der Waals surface area (Å²) >= 11 is 0. The lowest BCUT2D eigenvalue weighted by Crippen LogP contribution is -2.00. The predicted molar refractivity (Wildman–Crippen MR) is 51.2 cm³/mol. The van der Waals surface area contributed by atoms with E-state index in [2.05, 4.69) is 0 Å². The van der Waals surface area contributed by atoms with Gasteiger partial charge in [0.1, 0.15) is 5.75 Å². The largest absolute Gasteiger partial charge is 0.294 e. The van der Waals surface area contributed by atoms with Crippen molar-refractivity contribution in [2.45, 2.75) is 4.90 Å². The summed E-state index contributed by atoms with van der Waals surface area (Å²) in [6.45, 7) is 0. The van der Waals surface area contributed by atoms with Gasteiger partial charge in [-0.3, -0.25) is 9.11 Å². The number of rotatable bonds is 3. The molecule has 0 atom stereocenters. The van der Waals surface area contributed by atoms with E-state index < -0.39 is 20.2 Å². The highest BCUT2D eigenvalue weighted by Crippen LogP contribution is 2.12. The van der Waals surface area contributed by atoms with Crippen LogP contribution < -0.4 is 0 Å². The van der Waals surface area contributed by atoms with Crippen LogP contribution in [0.5, 0.6) is 0 Å². The van der Waals surface area contributed by atoms with Gasteiger partial charge in [0.05, 0.1) is 4.90 Å². The molecule has 0 aliphatic rings. The van der Waals surface area contributed by atoms with E-state index in [0.29, 0.717) is 5.75 Å². The highest BCUT2D eigenvalue weighted by molar-refractivity contribution is 7.88. The van der Waals surface area contributed by atoms with Crippen molar-refractivity contribution in [3.05, 3.63) is 35.6 Å². The molecule has 6 nitrogen and oxygen atoms in total. The molecule has 0 aromatic heterocycles. The highest BCUT2D eigenvalue weighted by Gasteiger charge is 2.11. The molecule has 0 unspecified atom stereocenters. The fraction of sp³-hybridized carbons (Fsp3) is 0. The zero-order valence-corrected chi connectivity index (χ0v) is 8.86. The molecule has 0 amide bonds. The van der Waals surface area contributed by atoms with E-state index in [9.17, 15) is 16.8 Å². The molecule has 1 aromatic carbocycles. The minimum atomic E-state index is -4.29. The molecular weight excluding hydrogens is 244 g/mol. The summed E-state index contributed by atoms with van der Waals surface area (Å²) in [5.74, 6) is 0.556. The molecule has 0 spiro atoms. The van der Waals surface area contributed by atoms with Crippen LogP contribution in [0.1, 0.15) is 5.56 Å². The first-order chi connectivity index (χ1) is 6.68. The van der Waals surface area contributed by atoms with Crippen LogP contribution in [0.2, 0.25) is 0 Å². The van der Waals surface area contributed by atoms with E-state index in [1.807, 2.05) is 0 Å². The SMILES string of the molecule is O=S(=O)(O)[CH]c1ccc(S(=O)(=O)O)cc1. The van der Waals surface area contributed by atoms with E-state index in [0.717, 1.165) is 24.3 Å². The maximum absolute atomic E-state index is 10.6. The third-order valence-corrected chi connectivity index (χ3v) is 2.90. The Morgan fingerprint density at radius 2 is 1.40 bits per heavy atom. The van der Waals surface area contributed by atoms with Crippen LogP contribution in [0.4, 0.5) is 0 Å². The lowest BCUT2D eigenvalue weighted by Gasteiger charge is -1.99. The zero-order chi connectivity index (χ0) is 11.7. The van der Waals surface area contributed by atoms with Crippen molar-refractivity contribution in [3.63, 3.8) is 0 Å². The summed E-state index contributed by atoms with van der Waals surface area (Å²) in [7, 11) is -8.55. The van der Waals surface area contributed by atoms with Crippen LogP contribution >= 0.6 is 0 Å². The van der Waals surface area contributed by atoms with Crippen LogP contribution in [0.3, 0.4) is 0 Å². The van der Waals surface area contributed by atoms with Gasteiger partial charge >= 0.3 is 0 Å². The third kappa shape index (κ3) is 3.96. The first-order valence-corrected chi connectivity index (χ1v) is 6.52. The minimum Gasteiger partial charge on any atom is -0.285 e. The van der Waals surface area contributed by atoms with Crippen LogP contribution in [-0.2, 0) is 20.2 Å². The van der Waals surface area contributed by atoms with Gasteiger partial charge in [0.2, 0.25) is 0 Å². The summed E-state index contributed by atoms with van der Waals surface area (Å²) in [6.07, 6.45) is 0. The summed E-state index contributed by atoms with van der Waals surface area (Å²) in [4.78, 5) is -0.352. The topological polar surface area (TPSA) is 109 Å². The first kappa shape index (κ1) is 12.1. The molecule has 1 rings (SSSR count). The first-order valence-electron chi connectivity index (χ1n) is 3.58. The summed E-state index contributed by atoms with van der Waals surface area (Å²) in [6, 6.07) is 4.31. The lowest BCUT2D eigenvalue weighted by molar-refractivity contribution is 0.483. The number of hydrogen-bond acceptors (Lipinski definition) is 4. The van der Waals surface area contributed by atoms with Gasteiger partial charge in [0.15, 0.2) is 0 Å². The normalized spacial score (nSPS) is 12.7. The van der Waals surface area contributed by atoms with Crippen molar-refractivity contribution in [3.8, 4) is 0 Å². The van der Waals surface area contributed by atoms with Crippen molar-refractivity contribution in [1.82, 2.24) is 0 Å². The van der Waals surface area contributed by atoms with Gasteiger partial charge in [-0.05, 0) is 17.7 Å². The molecule has 0 heterocycles. The molecule has 0 bridgehead atoms. The minimum absolute atomic E-state index is 0.102. The Morgan fingerprint density at radius 1 is 0.933 bits per heavy atom. The smallest absolute Gasteiger partial charge is 0.285 e. The van der Waals surface area contributed by atoms with Crippen molar-refractivity contribution >= 4 is 20.2 Å². The van der Waals surface area contributed by atoms with Gasteiger partial charge in [0.25, 0.3) is 20.2 Å². The fourth-order valence-electron chi connectivity index (χ4n) is 0.890. The fourth-order valence-corrected chi connectivity index (χ4v) is 1.87. The second kappa shape index (κ2) is 3.89. The molecule has 1 radical (unpaired) electrons. The van der Waals surface area contributed by atoms with E-state index >= 15 is 0 Å². The second-order valence-corrected chi connectivity index (χ2v) is 5.36. The van der Waals surface area contributed by atoms with Gasteiger partial charge in [-0.1, -0.05) is 12.1 Å². The maximum atomic E-state index is 10.6. The standard InChI is InChI=1S/C7H7O6S2/c8-14(9,10)5-6-1-3-7(4-2-6)15(11,12)13/h1-5H,(H,8,9,10)(H,11,12,13). The molecule has 15 heavy (non-hydrogen) atoms. The monoisotopic (exact) mass is 251 g/mol. The third-order valence-electron chi connectivity index (χ3n) is 1.46. The number of hydrogen-bond donors (Lipinski definition) is 2. The summed E-state index contributed by atoms with van der Waals surface area (Å²) in [5.41, 5.74) is 0.102. The molecule has 83 valence electrons. The Balaban J connectivity index is 3.02. The van der Waals surface area contributed by atoms with Crippen molar-refractivity contribution in [2.24, 2.45) is 0 Å². The molecule has 2 N–H and O–H groups in total. The molecule has 0 saturated carbocycles. The van der Waals surface area contributed by atoms with Gasteiger partial charge < -0.3 is 0 Å². The highest BCUT2D eigenvalue weighted by atomic mass is 32.2. The molecule has 0 saturated heterocycles. The molecule has 0 aliphatic carbocycles. The van der Waals surface area contributed by atoms with Crippen molar-refractivity contribution < 1.29 is 25.9 Å². The van der Waals surface area contributed by atoms with Crippen LogP contribution in [0.25, 0.3) is 0 Å². The Kier molecular flexibility index (Phi) is 3.14. The molecule has 0 aliphatic heterocycles. The summed E-state index contributed by atoms with van der Waals surface area (Å²) in [5, 5.41) is 0. The van der Waals surface area contributed by atoms with Gasteiger partial charge in [0, 0.05) is 0 Å². The Bertz CT molecular complexity index is 540. The average Bonchev–Trinajstić information content (AvgIpc) is 2.00. The number of benzene rings is 1. The van der Waals surface area contributed by atoms with Gasteiger partial charge in [-0.25, -0.2) is 0 Å². The van der Waals surface area contributed by atoms with Crippen molar-refractivity contribution in [2.75, 3.05) is 0 Å². The Labute approximate surface area is 87.1 Å². The van der Waals surface area contributed by atoms with E-state index in [-0.39, 0.29) is 10.5 Å². The zero-order valence-electron chi connectivity index (χ0n) is 7.23. The predicted octanol–water partition coefficient (Wildman–Crippen LogP) is 0.331. The lowest BCUT2D eigenvalue weighted by atomic mass is 10.2. The van der Waals surface area contributed by atoms with Gasteiger partial charge in [-0.2, -0.15) is 16.8 Å². The molecule has 1 aromatic rings. The Morgan fingerprint density at radius 3 is 1.73 bits per heavy atom. The average molecular weight is 251 g/mol. The summed E-state index contributed by atoms with van der Waals surface area (Å²) < 4.78 is 59.1. The van der Waals surface area contributed by atoms with Gasteiger partial charge in [-0.15, -0.1) is 0 Å². The maximum Gasteiger partial charge on any atom is 0.294 e. The van der Waals surface area contributed by atoms with Crippen molar-refractivity contribution in [1.29, 1.82) is 0 Å². The van der Waals surface area contributed by atoms with Crippen LogP contribution in [0, 0.1) is 5.75 Å². The van der Waals surface area contributed by atoms with E-state index in [4.69, 9.17) is 9.11 Å². The molecular formula is C7H7O6S2. The quantitative estimate of drug-likeness (QED) is 0.749. The molecule has 8 heteroatoms. The van der Waals surface area contributed by atoms with Crippen LogP contribution in [0.15, 0.2) is 29.2 Å². The molecule has 0 fully saturated rings. The Hall–Kier alpha value is -0.960.